The van der Waals surface area contributed by atoms with E-state index in [9.17, 15) is 8.42 Å². The highest BCUT2D eigenvalue weighted by molar-refractivity contribution is 7.89. The van der Waals surface area contributed by atoms with E-state index in [2.05, 4.69) is 4.72 Å². The Morgan fingerprint density at radius 3 is 2.38 bits per heavy atom. The first kappa shape index (κ1) is 16.4. The Labute approximate surface area is 132 Å². The second-order valence-electron chi connectivity index (χ2n) is 5.64. The van der Waals surface area contributed by atoms with Crippen molar-refractivity contribution in [2.24, 2.45) is 11.7 Å². The van der Waals surface area contributed by atoms with Crippen molar-refractivity contribution in [1.29, 1.82) is 0 Å². The van der Waals surface area contributed by atoms with Crippen LogP contribution in [0.1, 0.15) is 37.7 Å². The third-order valence-corrected chi connectivity index (χ3v) is 5.48. The summed E-state index contributed by atoms with van der Waals surface area (Å²) in [5.41, 5.74) is 6.40. The molecule has 1 fully saturated rings. The van der Waals surface area contributed by atoms with Crippen molar-refractivity contribution in [2.45, 2.75) is 43.4 Å². The number of sulfonamides is 1. The maximum atomic E-state index is 12.2. The van der Waals surface area contributed by atoms with Crippen molar-refractivity contribution >= 4 is 27.2 Å². The number of nitrogens with two attached hydrogens (primary N) is 1. The maximum Gasteiger partial charge on any atom is 0.240 e. The van der Waals surface area contributed by atoms with Crippen molar-refractivity contribution in [1.82, 2.24) is 4.72 Å². The van der Waals surface area contributed by atoms with Crippen molar-refractivity contribution in [3.63, 3.8) is 0 Å². The van der Waals surface area contributed by atoms with Crippen LogP contribution >= 0.6 is 12.2 Å². The van der Waals surface area contributed by atoms with Crippen molar-refractivity contribution in [3.05, 3.63) is 29.8 Å². The minimum absolute atomic E-state index is 0.296. The minimum Gasteiger partial charge on any atom is -0.393 e. The van der Waals surface area contributed by atoms with Gasteiger partial charge in [0.25, 0.3) is 0 Å². The lowest BCUT2D eigenvalue weighted by Gasteiger charge is -2.21. The van der Waals surface area contributed by atoms with Gasteiger partial charge in [0.05, 0.1) is 9.88 Å². The zero-order chi connectivity index (χ0) is 15.3. The fourth-order valence-electron chi connectivity index (χ4n) is 2.69. The normalized spacial score (nSPS) is 16.8. The molecule has 1 aliphatic carbocycles. The van der Waals surface area contributed by atoms with Gasteiger partial charge < -0.3 is 5.73 Å². The van der Waals surface area contributed by atoms with Gasteiger partial charge in [-0.2, -0.15) is 0 Å². The molecule has 6 heteroatoms. The Morgan fingerprint density at radius 1 is 1.19 bits per heavy atom. The van der Waals surface area contributed by atoms with Crippen LogP contribution in [-0.4, -0.2) is 20.0 Å². The maximum absolute atomic E-state index is 12.2. The summed E-state index contributed by atoms with van der Waals surface area (Å²) < 4.78 is 27.2. The zero-order valence-electron chi connectivity index (χ0n) is 12.0. The third-order valence-electron chi connectivity index (χ3n) is 3.90. The fourth-order valence-corrected chi connectivity index (χ4v) is 3.97. The molecule has 0 unspecified atom stereocenters. The molecule has 0 radical (unpaired) electrons. The Hall–Kier alpha value is -0.980. The van der Waals surface area contributed by atoms with Gasteiger partial charge in [0.15, 0.2) is 0 Å². The molecule has 0 heterocycles. The molecule has 0 atom stereocenters. The monoisotopic (exact) mass is 326 g/mol. The number of hydrogen-bond donors (Lipinski definition) is 2. The molecule has 0 aliphatic heterocycles. The highest BCUT2D eigenvalue weighted by atomic mass is 32.2. The van der Waals surface area contributed by atoms with Crippen LogP contribution < -0.4 is 10.5 Å². The molecule has 0 saturated heterocycles. The van der Waals surface area contributed by atoms with Gasteiger partial charge >= 0.3 is 0 Å². The van der Waals surface area contributed by atoms with E-state index in [0.29, 0.717) is 28.8 Å². The lowest BCUT2D eigenvalue weighted by atomic mass is 9.90. The van der Waals surface area contributed by atoms with E-state index < -0.39 is 10.0 Å². The Morgan fingerprint density at radius 2 is 1.81 bits per heavy atom. The zero-order valence-corrected chi connectivity index (χ0v) is 13.7. The number of rotatable bonds is 6. The molecule has 2 rings (SSSR count). The standard InChI is InChI=1S/C15H22N2O2S2/c16-15(20)10-12-6-8-14(9-7-12)21(18,19)17-11-13-4-2-1-3-5-13/h6-9,13,17H,1-5,10-11H2,(H2,16,20). The second kappa shape index (κ2) is 7.33. The molecular formula is C15H22N2O2S2. The number of benzene rings is 1. The third kappa shape index (κ3) is 5.05. The van der Waals surface area contributed by atoms with E-state index in [1.54, 1.807) is 24.3 Å². The molecule has 116 valence electrons. The summed E-state index contributed by atoms with van der Waals surface area (Å²) in [6.07, 6.45) is 6.42. The minimum atomic E-state index is -3.42. The quantitative estimate of drug-likeness (QED) is 0.787. The molecule has 21 heavy (non-hydrogen) atoms. The van der Waals surface area contributed by atoms with Gasteiger partial charge in [-0.1, -0.05) is 43.6 Å². The summed E-state index contributed by atoms with van der Waals surface area (Å²) in [5, 5.41) is 0. The van der Waals surface area contributed by atoms with Gasteiger partial charge in [-0.15, -0.1) is 0 Å². The van der Waals surface area contributed by atoms with Crippen LogP contribution in [-0.2, 0) is 16.4 Å². The number of thiocarbonyl (C=S) groups is 1. The predicted molar refractivity (Wildman–Crippen MR) is 88.7 cm³/mol. The molecule has 4 nitrogen and oxygen atoms in total. The van der Waals surface area contributed by atoms with Gasteiger partial charge in [0.2, 0.25) is 10.0 Å². The van der Waals surface area contributed by atoms with Crippen LogP contribution in [0.2, 0.25) is 0 Å². The Bertz CT molecular complexity index is 576. The van der Waals surface area contributed by atoms with Crippen LogP contribution in [0.5, 0.6) is 0 Å². The smallest absolute Gasteiger partial charge is 0.240 e. The molecule has 0 bridgehead atoms. The van der Waals surface area contributed by atoms with E-state index in [0.717, 1.165) is 18.4 Å². The first-order chi connectivity index (χ1) is 9.97. The van der Waals surface area contributed by atoms with Gasteiger partial charge in [-0.25, -0.2) is 13.1 Å². The Kier molecular flexibility index (Phi) is 5.72. The van der Waals surface area contributed by atoms with Crippen LogP contribution in [0.3, 0.4) is 0 Å². The average molecular weight is 326 g/mol. The highest BCUT2D eigenvalue weighted by Crippen LogP contribution is 2.23. The van der Waals surface area contributed by atoms with Crippen LogP contribution in [0.25, 0.3) is 0 Å². The molecule has 1 aromatic carbocycles. The van der Waals surface area contributed by atoms with Crippen molar-refractivity contribution in [3.8, 4) is 0 Å². The summed E-state index contributed by atoms with van der Waals surface area (Å²) in [7, 11) is -3.42. The fraction of sp³-hybridized carbons (Fsp3) is 0.533. The van der Waals surface area contributed by atoms with E-state index >= 15 is 0 Å². The van der Waals surface area contributed by atoms with Gasteiger partial charge in [-0.3, -0.25) is 0 Å². The first-order valence-corrected chi connectivity index (χ1v) is 9.23. The van der Waals surface area contributed by atoms with Gasteiger partial charge in [-0.05, 0) is 36.5 Å². The van der Waals surface area contributed by atoms with E-state index in [1.807, 2.05) is 0 Å². The number of nitrogens with one attached hydrogen (secondary N) is 1. The average Bonchev–Trinajstić information content (AvgIpc) is 2.46. The summed E-state index contributed by atoms with van der Waals surface area (Å²) in [6.45, 7) is 0.539. The highest BCUT2D eigenvalue weighted by Gasteiger charge is 2.18. The van der Waals surface area contributed by atoms with Gasteiger partial charge in [0.1, 0.15) is 0 Å². The molecule has 0 amide bonds. The molecule has 1 saturated carbocycles. The molecule has 3 N–H and O–H groups in total. The predicted octanol–water partition coefficient (Wildman–Crippen LogP) is 2.37. The van der Waals surface area contributed by atoms with Crippen LogP contribution in [0.4, 0.5) is 0 Å². The van der Waals surface area contributed by atoms with E-state index in [4.69, 9.17) is 18.0 Å². The lowest BCUT2D eigenvalue weighted by Crippen LogP contribution is -2.30. The SMILES string of the molecule is NC(=S)Cc1ccc(S(=O)(=O)NCC2CCCCC2)cc1. The molecular weight excluding hydrogens is 304 g/mol. The largest absolute Gasteiger partial charge is 0.393 e. The Balaban J connectivity index is 1.96. The van der Waals surface area contributed by atoms with Crippen molar-refractivity contribution in [2.75, 3.05) is 6.54 Å². The molecule has 0 aromatic heterocycles. The summed E-state index contributed by atoms with van der Waals surface area (Å²) in [4.78, 5) is 0.700. The molecule has 1 aromatic rings. The van der Waals surface area contributed by atoms with Gasteiger partial charge in [0, 0.05) is 13.0 Å². The summed E-state index contributed by atoms with van der Waals surface area (Å²) >= 11 is 4.84. The molecule has 1 aliphatic rings. The lowest BCUT2D eigenvalue weighted by molar-refractivity contribution is 0.357. The topological polar surface area (TPSA) is 72.2 Å². The molecule has 0 spiro atoms. The summed E-state index contributed by atoms with van der Waals surface area (Å²) in [5.74, 6) is 0.474. The second-order valence-corrected chi connectivity index (χ2v) is 7.93. The first-order valence-electron chi connectivity index (χ1n) is 7.34. The van der Waals surface area contributed by atoms with E-state index in [1.165, 1.54) is 19.3 Å². The van der Waals surface area contributed by atoms with Crippen LogP contribution in [0.15, 0.2) is 29.2 Å². The number of hydrogen-bond acceptors (Lipinski definition) is 3. The van der Waals surface area contributed by atoms with Crippen molar-refractivity contribution < 1.29 is 8.42 Å². The van der Waals surface area contributed by atoms with Crippen LogP contribution in [0, 0.1) is 5.92 Å². The van der Waals surface area contributed by atoms with E-state index in [-0.39, 0.29) is 0 Å². The summed E-state index contributed by atoms with van der Waals surface area (Å²) in [6, 6.07) is 6.73.